The van der Waals surface area contributed by atoms with E-state index in [0.717, 1.165) is 30.4 Å². The molecule has 0 saturated carbocycles. The molecule has 0 aromatic heterocycles. The second-order valence-electron chi connectivity index (χ2n) is 4.65. The summed E-state index contributed by atoms with van der Waals surface area (Å²) in [6, 6.07) is 3.83. The van der Waals surface area contributed by atoms with Crippen molar-refractivity contribution in [2.45, 2.75) is 13.5 Å². The molecular weight excluding hydrogens is 314 g/mol. The molecule has 0 saturated heterocycles. The van der Waals surface area contributed by atoms with Crippen molar-refractivity contribution in [3.8, 4) is 17.2 Å². The second kappa shape index (κ2) is 10.9. The van der Waals surface area contributed by atoms with Gasteiger partial charge in [-0.2, -0.15) is 11.8 Å². The molecule has 6 nitrogen and oxygen atoms in total. The predicted molar refractivity (Wildman–Crippen MR) is 97.3 cm³/mol. The first-order valence-corrected chi connectivity index (χ1v) is 8.89. The van der Waals surface area contributed by atoms with Crippen LogP contribution in [0, 0.1) is 0 Å². The molecule has 0 bridgehead atoms. The number of nitrogens with zero attached hydrogens (tertiary/aromatic N) is 1. The highest BCUT2D eigenvalue weighted by Crippen LogP contribution is 2.38. The van der Waals surface area contributed by atoms with E-state index in [0.29, 0.717) is 23.8 Å². The van der Waals surface area contributed by atoms with E-state index < -0.39 is 0 Å². The highest BCUT2D eigenvalue weighted by molar-refractivity contribution is 7.98. The lowest BCUT2D eigenvalue weighted by Crippen LogP contribution is -2.38. The van der Waals surface area contributed by atoms with E-state index in [2.05, 4.69) is 21.9 Å². The third kappa shape index (κ3) is 6.09. The van der Waals surface area contributed by atoms with E-state index in [1.54, 1.807) is 33.1 Å². The van der Waals surface area contributed by atoms with Crippen LogP contribution in [0.5, 0.6) is 17.2 Å². The lowest BCUT2D eigenvalue weighted by Gasteiger charge is -2.14. The van der Waals surface area contributed by atoms with Crippen LogP contribution in [0.1, 0.15) is 12.5 Å². The summed E-state index contributed by atoms with van der Waals surface area (Å²) in [5.41, 5.74) is 0.988. The van der Waals surface area contributed by atoms with Gasteiger partial charge in [-0.3, -0.25) is 0 Å². The molecule has 1 rings (SSSR count). The second-order valence-corrected chi connectivity index (χ2v) is 5.63. The summed E-state index contributed by atoms with van der Waals surface area (Å²) in [7, 11) is 4.81. The maximum Gasteiger partial charge on any atom is 0.203 e. The molecule has 1 aromatic rings. The van der Waals surface area contributed by atoms with Gasteiger partial charge in [0, 0.05) is 18.8 Å². The van der Waals surface area contributed by atoms with Gasteiger partial charge in [0.25, 0.3) is 0 Å². The lowest BCUT2D eigenvalue weighted by atomic mass is 10.2. The average Bonchev–Trinajstić information content (AvgIpc) is 2.58. The molecule has 7 heteroatoms. The molecule has 0 aliphatic heterocycles. The average molecular weight is 341 g/mol. The smallest absolute Gasteiger partial charge is 0.203 e. The van der Waals surface area contributed by atoms with E-state index in [9.17, 15) is 0 Å². The fourth-order valence-electron chi connectivity index (χ4n) is 2.01. The van der Waals surface area contributed by atoms with Crippen molar-refractivity contribution in [2.24, 2.45) is 4.99 Å². The monoisotopic (exact) mass is 341 g/mol. The molecule has 23 heavy (non-hydrogen) atoms. The number of rotatable bonds is 9. The fourth-order valence-corrected chi connectivity index (χ4v) is 2.32. The molecule has 0 radical (unpaired) electrons. The van der Waals surface area contributed by atoms with Gasteiger partial charge in [0.15, 0.2) is 17.5 Å². The van der Waals surface area contributed by atoms with Crippen molar-refractivity contribution in [1.29, 1.82) is 0 Å². The van der Waals surface area contributed by atoms with Crippen LogP contribution < -0.4 is 24.8 Å². The quantitative estimate of drug-likeness (QED) is 0.408. The Morgan fingerprint density at radius 3 is 2.22 bits per heavy atom. The normalized spacial score (nSPS) is 11.1. The van der Waals surface area contributed by atoms with Gasteiger partial charge in [-0.15, -0.1) is 0 Å². The van der Waals surface area contributed by atoms with Gasteiger partial charge < -0.3 is 24.8 Å². The molecule has 0 aliphatic rings. The first kappa shape index (κ1) is 19.3. The molecule has 0 spiro atoms. The first-order chi connectivity index (χ1) is 11.2. The molecule has 0 heterocycles. The fraction of sp³-hybridized carbons (Fsp3) is 0.562. The van der Waals surface area contributed by atoms with Gasteiger partial charge >= 0.3 is 0 Å². The van der Waals surface area contributed by atoms with E-state index in [1.165, 1.54) is 0 Å². The minimum Gasteiger partial charge on any atom is -0.493 e. The molecule has 130 valence electrons. The lowest BCUT2D eigenvalue weighted by molar-refractivity contribution is 0.324. The highest BCUT2D eigenvalue weighted by Gasteiger charge is 2.13. The van der Waals surface area contributed by atoms with Gasteiger partial charge in [0.1, 0.15) is 0 Å². The maximum atomic E-state index is 5.37. The van der Waals surface area contributed by atoms with Gasteiger partial charge in [-0.25, -0.2) is 4.99 Å². The molecule has 0 aliphatic carbocycles. The number of methoxy groups -OCH3 is 3. The third-order valence-corrected chi connectivity index (χ3v) is 3.70. The Balaban J connectivity index is 2.90. The number of ether oxygens (including phenoxy) is 3. The number of nitrogens with one attached hydrogen (secondary N) is 2. The van der Waals surface area contributed by atoms with Crippen molar-refractivity contribution < 1.29 is 14.2 Å². The van der Waals surface area contributed by atoms with E-state index >= 15 is 0 Å². The van der Waals surface area contributed by atoms with Gasteiger partial charge in [0.2, 0.25) is 5.75 Å². The molecule has 0 fully saturated rings. The minimum absolute atomic E-state index is 0.519. The van der Waals surface area contributed by atoms with Gasteiger partial charge in [0.05, 0.1) is 27.9 Å². The number of hydrogen-bond acceptors (Lipinski definition) is 5. The highest BCUT2D eigenvalue weighted by atomic mass is 32.2. The summed E-state index contributed by atoms with van der Waals surface area (Å²) in [5, 5.41) is 6.54. The van der Waals surface area contributed by atoms with E-state index in [1.807, 2.05) is 19.1 Å². The number of guanidine groups is 1. The van der Waals surface area contributed by atoms with Crippen LogP contribution in [-0.2, 0) is 6.54 Å². The largest absolute Gasteiger partial charge is 0.493 e. The molecule has 2 N–H and O–H groups in total. The summed E-state index contributed by atoms with van der Waals surface area (Å²) >= 11 is 1.80. The Morgan fingerprint density at radius 2 is 1.74 bits per heavy atom. The van der Waals surface area contributed by atoms with Crippen molar-refractivity contribution in [3.63, 3.8) is 0 Å². The van der Waals surface area contributed by atoms with Gasteiger partial charge in [-0.1, -0.05) is 0 Å². The van der Waals surface area contributed by atoms with Crippen molar-refractivity contribution in [3.05, 3.63) is 17.7 Å². The Labute approximate surface area is 143 Å². The molecule has 0 atom stereocenters. The van der Waals surface area contributed by atoms with Crippen LogP contribution in [0.4, 0.5) is 0 Å². The van der Waals surface area contributed by atoms with Crippen LogP contribution in [0.15, 0.2) is 17.1 Å². The number of benzene rings is 1. The van der Waals surface area contributed by atoms with E-state index in [-0.39, 0.29) is 0 Å². The van der Waals surface area contributed by atoms with Crippen molar-refractivity contribution >= 4 is 17.7 Å². The Kier molecular flexibility index (Phi) is 9.12. The summed E-state index contributed by atoms with van der Waals surface area (Å²) in [4.78, 5) is 4.60. The minimum atomic E-state index is 0.519. The maximum absolute atomic E-state index is 5.37. The summed E-state index contributed by atoms with van der Waals surface area (Å²) in [6.07, 6.45) is 2.08. The Morgan fingerprint density at radius 1 is 1.09 bits per heavy atom. The topological polar surface area (TPSA) is 64.1 Å². The zero-order valence-corrected chi connectivity index (χ0v) is 15.4. The SMILES string of the molecule is CCNC(=NCc1cc(OC)c(OC)c(OC)c1)NCCSC. The zero-order chi connectivity index (χ0) is 17.1. The number of thioether (sulfide) groups is 1. The van der Waals surface area contributed by atoms with Crippen molar-refractivity contribution in [2.75, 3.05) is 46.4 Å². The molecular formula is C16H27N3O3S. The van der Waals surface area contributed by atoms with Crippen LogP contribution in [0.25, 0.3) is 0 Å². The first-order valence-electron chi connectivity index (χ1n) is 7.50. The summed E-state index contributed by atoms with van der Waals surface area (Å²) in [5.74, 6) is 3.70. The van der Waals surface area contributed by atoms with E-state index in [4.69, 9.17) is 14.2 Å². The summed E-state index contributed by atoms with van der Waals surface area (Å²) < 4.78 is 16.1. The third-order valence-electron chi connectivity index (χ3n) is 3.09. The summed E-state index contributed by atoms with van der Waals surface area (Å²) in [6.45, 7) is 4.26. The van der Waals surface area contributed by atoms with Gasteiger partial charge in [-0.05, 0) is 30.9 Å². The molecule has 0 unspecified atom stereocenters. The Hall–Kier alpha value is -1.76. The molecule has 1 aromatic carbocycles. The number of aliphatic imine (C=N–C) groups is 1. The molecule has 0 amide bonds. The van der Waals surface area contributed by atoms with Crippen LogP contribution >= 0.6 is 11.8 Å². The van der Waals surface area contributed by atoms with Crippen LogP contribution in [0.2, 0.25) is 0 Å². The predicted octanol–water partition coefficient (Wildman–Crippen LogP) is 2.13. The Bertz CT molecular complexity index is 484. The zero-order valence-electron chi connectivity index (χ0n) is 14.6. The van der Waals surface area contributed by atoms with Crippen LogP contribution in [0.3, 0.4) is 0 Å². The van der Waals surface area contributed by atoms with Crippen LogP contribution in [-0.4, -0.2) is 52.4 Å². The van der Waals surface area contributed by atoms with Crippen molar-refractivity contribution in [1.82, 2.24) is 10.6 Å². The standard InChI is InChI=1S/C16H27N3O3S/c1-6-17-16(18-7-8-23-5)19-11-12-9-13(20-2)15(22-4)14(10-12)21-3/h9-10H,6-8,11H2,1-5H3,(H2,17,18,19). The number of hydrogen-bond donors (Lipinski definition) is 2.